The molecule has 0 saturated heterocycles. The third kappa shape index (κ3) is 2.57. The number of rotatable bonds is 5. The molecule has 0 spiro atoms. The lowest BCUT2D eigenvalue weighted by molar-refractivity contribution is -0.146. The largest absolute Gasteiger partial charge is 0.456 e. The van der Waals surface area contributed by atoms with E-state index in [0.717, 1.165) is 25.7 Å². The van der Waals surface area contributed by atoms with Gasteiger partial charge in [-0.25, -0.2) is 0 Å². The Hall–Kier alpha value is -1.44. The Morgan fingerprint density at radius 3 is 2.38 bits per heavy atom. The molecule has 2 heteroatoms. The molecule has 0 N–H and O–H groups in total. The second-order valence-corrected chi connectivity index (χ2v) is 4.18. The molecule has 1 aliphatic rings. The SMILES string of the molecule is CCCCC1(Cc2ccccc2)OC=CO1. The van der Waals surface area contributed by atoms with Crippen LogP contribution < -0.4 is 0 Å². The van der Waals surface area contributed by atoms with Crippen molar-refractivity contribution in [2.45, 2.75) is 38.4 Å². The fourth-order valence-electron chi connectivity index (χ4n) is 1.97. The zero-order chi connectivity index (χ0) is 11.3. The van der Waals surface area contributed by atoms with Crippen LogP contribution in [0.3, 0.4) is 0 Å². The maximum atomic E-state index is 5.64. The average Bonchev–Trinajstić information content (AvgIpc) is 2.77. The van der Waals surface area contributed by atoms with Crippen LogP contribution in [0, 0.1) is 0 Å². The minimum atomic E-state index is -0.461. The highest BCUT2D eigenvalue weighted by Gasteiger charge is 2.34. The summed E-state index contributed by atoms with van der Waals surface area (Å²) in [6.45, 7) is 2.18. The van der Waals surface area contributed by atoms with E-state index in [-0.39, 0.29) is 0 Å². The molecule has 1 aromatic carbocycles. The molecule has 0 radical (unpaired) electrons. The van der Waals surface area contributed by atoms with E-state index in [1.165, 1.54) is 5.56 Å². The van der Waals surface area contributed by atoms with Crippen molar-refractivity contribution in [3.63, 3.8) is 0 Å². The summed E-state index contributed by atoms with van der Waals surface area (Å²) in [6, 6.07) is 10.3. The minimum Gasteiger partial charge on any atom is -0.456 e. The van der Waals surface area contributed by atoms with Gasteiger partial charge >= 0.3 is 0 Å². The molecule has 0 bridgehead atoms. The maximum Gasteiger partial charge on any atom is 0.253 e. The molecule has 0 amide bonds. The van der Waals surface area contributed by atoms with E-state index >= 15 is 0 Å². The van der Waals surface area contributed by atoms with Gasteiger partial charge in [-0.05, 0) is 12.0 Å². The second kappa shape index (κ2) is 5.06. The van der Waals surface area contributed by atoms with Crippen LogP contribution in [0.25, 0.3) is 0 Å². The molecular weight excluding hydrogens is 200 g/mol. The fourth-order valence-corrected chi connectivity index (χ4v) is 1.97. The molecule has 2 nitrogen and oxygen atoms in total. The molecule has 2 rings (SSSR count). The zero-order valence-corrected chi connectivity index (χ0v) is 9.69. The van der Waals surface area contributed by atoms with Gasteiger partial charge in [0.2, 0.25) is 0 Å². The smallest absolute Gasteiger partial charge is 0.253 e. The number of hydrogen-bond acceptors (Lipinski definition) is 2. The van der Waals surface area contributed by atoms with Gasteiger partial charge in [-0.1, -0.05) is 43.7 Å². The van der Waals surface area contributed by atoms with E-state index in [4.69, 9.17) is 9.47 Å². The predicted molar refractivity (Wildman–Crippen MR) is 63.7 cm³/mol. The van der Waals surface area contributed by atoms with Crippen molar-refractivity contribution < 1.29 is 9.47 Å². The Morgan fingerprint density at radius 2 is 1.75 bits per heavy atom. The molecule has 1 heterocycles. The molecule has 0 saturated carbocycles. The molecular formula is C14H18O2. The highest BCUT2D eigenvalue weighted by Crippen LogP contribution is 2.30. The molecule has 0 unspecified atom stereocenters. The van der Waals surface area contributed by atoms with Gasteiger partial charge in [-0.2, -0.15) is 0 Å². The molecule has 1 aliphatic heterocycles. The first-order valence-electron chi connectivity index (χ1n) is 5.89. The first kappa shape index (κ1) is 11.1. The van der Waals surface area contributed by atoms with Gasteiger partial charge in [0.25, 0.3) is 5.79 Å². The molecule has 86 valence electrons. The van der Waals surface area contributed by atoms with E-state index in [0.29, 0.717) is 0 Å². The van der Waals surface area contributed by atoms with Crippen molar-refractivity contribution in [1.82, 2.24) is 0 Å². The van der Waals surface area contributed by atoms with Gasteiger partial charge in [0.15, 0.2) is 0 Å². The lowest BCUT2D eigenvalue weighted by Gasteiger charge is -2.27. The van der Waals surface area contributed by atoms with Crippen LogP contribution in [-0.4, -0.2) is 5.79 Å². The molecule has 0 aromatic heterocycles. The van der Waals surface area contributed by atoms with Crippen molar-refractivity contribution >= 4 is 0 Å². The van der Waals surface area contributed by atoms with E-state index in [9.17, 15) is 0 Å². The number of hydrogen-bond donors (Lipinski definition) is 0. The third-order valence-electron chi connectivity index (χ3n) is 2.85. The third-order valence-corrected chi connectivity index (χ3v) is 2.85. The van der Waals surface area contributed by atoms with Crippen molar-refractivity contribution in [2.75, 3.05) is 0 Å². The summed E-state index contributed by atoms with van der Waals surface area (Å²) in [6.07, 6.45) is 7.32. The van der Waals surface area contributed by atoms with Crippen LogP contribution >= 0.6 is 0 Å². The summed E-state index contributed by atoms with van der Waals surface area (Å²) in [5, 5.41) is 0. The van der Waals surface area contributed by atoms with E-state index < -0.39 is 5.79 Å². The standard InChI is InChI=1S/C14H18O2/c1-2-3-9-14(15-10-11-16-14)12-13-7-5-4-6-8-13/h4-8,10-11H,2-3,9,12H2,1H3. The van der Waals surface area contributed by atoms with Crippen LogP contribution in [0.5, 0.6) is 0 Å². The van der Waals surface area contributed by atoms with Crippen molar-refractivity contribution in [1.29, 1.82) is 0 Å². The van der Waals surface area contributed by atoms with Crippen molar-refractivity contribution in [3.8, 4) is 0 Å². The molecule has 0 fully saturated rings. The molecule has 16 heavy (non-hydrogen) atoms. The van der Waals surface area contributed by atoms with E-state index in [2.05, 4.69) is 19.1 Å². The Balaban J connectivity index is 2.03. The number of benzene rings is 1. The average molecular weight is 218 g/mol. The van der Waals surface area contributed by atoms with Crippen LogP contribution in [-0.2, 0) is 15.9 Å². The Bertz CT molecular complexity index is 335. The van der Waals surface area contributed by atoms with Gasteiger partial charge in [-0.15, -0.1) is 0 Å². The molecule has 0 aliphatic carbocycles. The first-order valence-corrected chi connectivity index (χ1v) is 5.89. The maximum absolute atomic E-state index is 5.64. The normalized spacial score (nSPS) is 16.8. The topological polar surface area (TPSA) is 18.5 Å². The Kier molecular flexibility index (Phi) is 3.50. The molecule has 1 aromatic rings. The van der Waals surface area contributed by atoms with Crippen LogP contribution in [0.1, 0.15) is 31.7 Å². The van der Waals surface area contributed by atoms with Crippen molar-refractivity contribution in [3.05, 3.63) is 48.4 Å². The monoisotopic (exact) mass is 218 g/mol. The van der Waals surface area contributed by atoms with Gasteiger partial charge in [-0.3, -0.25) is 0 Å². The fraction of sp³-hybridized carbons (Fsp3) is 0.429. The van der Waals surface area contributed by atoms with Gasteiger partial charge in [0.1, 0.15) is 12.5 Å². The quantitative estimate of drug-likeness (QED) is 0.751. The second-order valence-electron chi connectivity index (χ2n) is 4.18. The van der Waals surface area contributed by atoms with E-state index in [1.54, 1.807) is 12.5 Å². The van der Waals surface area contributed by atoms with Crippen LogP contribution in [0.2, 0.25) is 0 Å². The summed E-state index contributed by atoms with van der Waals surface area (Å²) in [7, 11) is 0. The van der Waals surface area contributed by atoms with Crippen LogP contribution in [0.4, 0.5) is 0 Å². The predicted octanol–water partition coefficient (Wildman–Crippen LogP) is 3.63. The van der Waals surface area contributed by atoms with Crippen LogP contribution in [0.15, 0.2) is 42.9 Å². The van der Waals surface area contributed by atoms with Crippen molar-refractivity contribution in [2.24, 2.45) is 0 Å². The Labute approximate surface area is 96.9 Å². The van der Waals surface area contributed by atoms with Gasteiger partial charge in [0.05, 0.1) is 0 Å². The minimum absolute atomic E-state index is 0.461. The highest BCUT2D eigenvalue weighted by atomic mass is 16.7. The summed E-state index contributed by atoms with van der Waals surface area (Å²) >= 11 is 0. The summed E-state index contributed by atoms with van der Waals surface area (Å²) in [5.41, 5.74) is 1.25. The van der Waals surface area contributed by atoms with Gasteiger partial charge < -0.3 is 9.47 Å². The summed E-state index contributed by atoms with van der Waals surface area (Å²) in [4.78, 5) is 0. The highest BCUT2D eigenvalue weighted by molar-refractivity contribution is 5.17. The Morgan fingerprint density at radius 1 is 1.06 bits per heavy atom. The number of unbranched alkanes of at least 4 members (excludes halogenated alkanes) is 1. The molecule has 0 atom stereocenters. The number of ether oxygens (including phenoxy) is 2. The lowest BCUT2D eigenvalue weighted by Crippen LogP contribution is -2.32. The first-order chi connectivity index (χ1) is 7.85. The van der Waals surface area contributed by atoms with E-state index in [1.807, 2.05) is 18.2 Å². The summed E-state index contributed by atoms with van der Waals surface area (Å²) in [5.74, 6) is -0.461. The zero-order valence-electron chi connectivity index (χ0n) is 9.69. The lowest BCUT2D eigenvalue weighted by atomic mass is 10.00. The van der Waals surface area contributed by atoms with Gasteiger partial charge in [0, 0.05) is 12.8 Å². The summed E-state index contributed by atoms with van der Waals surface area (Å²) < 4.78 is 11.3.